The lowest BCUT2D eigenvalue weighted by Gasteiger charge is -2.11. The van der Waals surface area contributed by atoms with Gasteiger partial charge in [-0.05, 0) is 24.1 Å². The van der Waals surface area contributed by atoms with E-state index in [9.17, 15) is 9.59 Å². The van der Waals surface area contributed by atoms with E-state index in [0.29, 0.717) is 24.1 Å². The fourth-order valence-electron chi connectivity index (χ4n) is 3.20. The Labute approximate surface area is 151 Å². The molecule has 2 aromatic heterocycles. The van der Waals surface area contributed by atoms with E-state index in [-0.39, 0.29) is 17.8 Å². The van der Waals surface area contributed by atoms with E-state index in [2.05, 4.69) is 4.98 Å². The fourth-order valence-corrected chi connectivity index (χ4v) is 3.20. The number of aromatic nitrogens is 4. The Balaban J connectivity index is 2.22. The SMILES string of the molecule is CCCn1c(=O)n(Cc2ccc(OC)cc2)c(=O)c2c1nc(CC)n2C. The van der Waals surface area contributed by atoms with Gasteiger partial charge in [-0.2, -0.15) is 0 Å². The molecule has 1 aromatic carbocycles. The second kappa shape index (κ2) is 7.19. The first-order chi connectivity index (χ1) is 12.5. The Hall–Kier alpha value is -2.83. The average molecular weight is 356 g/mol. The standard InChI is InChI=1S/C19H24N4O3/c1-5-11-22-17-16(21(3)15(6-2)20-17)18(24)23(19(22)25)12-13-7-9-14(26-4)10-8-13/h7-10H,5-6,11-12H2,1-4H3. The summed E-state index contributed by atoms with van der Waals surface area (Å²) in [7, 11) is 3.43. The molecule has 0 fully saturated rings. The Morgan fingerprint density at radius 2 is 1.77 bits per heavy atom. The number of hydrogen-bond acceptors (Lipinski definition) is 4. The molecule has 0 bridgehead atoms. The molecule has 0 aliphatic heterocycles. The van der Waals surface area contributed by atoms with Gasteiger partial charge in [0.2, 0.25) is 0 Å². The molecule has 0 aliphatic rings. The van der Waals surface area contributed by atoms with Gasteiger partial charge in [0, 0.05) is 20.0 Å². The Bertz CT molecular complexity index is 1040. The lowest BCUT2D eigenvalue weighted by Crippen LogP contribution is -2.40. The highest BCUT2D eigenvalue weighted by molar-refractivity contribution is 5.71. The summed E-state index contributed by atoms with van der Waals surface area (Å²) in [5.74, 6) is 1.53. The molecule has 138 valence electrons. The monoisotopic (exact) mass is 356 g/mol. The molecule has 0 atom stereocenters. The van der Waals surface area contributed by atoms with Crippen molar-refractivity contribution in [1.29, 1.82) is 0 Å². The first kappa shape index (κ1) is 18.0. The van der Waals surface area contributed by atoms with Gasteiger partial charge in [0.15, 0.2) is 11.2 Å². The quantitative estimate of drug-likeness (QED) is 0.677. The molecule has 7 nitrogen and oxygen atoms in total. The first-order valence-corrected chi connectivity index (χ1v) is 8.83. The van der Waals surface area contributed by atoms with Gasteiger partial charge in [0.1, 0.15) is 11.6 Å². The van der Waals surface area contributed by atoms with Gasteiger partial charge >= 0.3 is 5.69 Å². The molecule has 0 amide bonds. The van der Waals surface area contributed by atoms with Gasteiger partial charge in [-0.1, -0.05) is 26.0 Å². The molecule has 3 rings (SSSR count). The summed E-state index contributed by atoms with van der Waals surface area (Å²) in [5.41, 5.74) is 1.20. The van der Waals surface area contributed by atoms with Crippen molar-refractivity contribution in [3.63, 3.8) is 0 Å². The topological polar surface area (TPSA) is 71.1 Å². The zero-order chi connectivity index (χ0) is 18.8. The number of rotatable bonds is 6. The van der Waals surface area contributed by atoms with Gasteiger partial charge in [0.05, 0.1) is 13.7 Å². The number of benzene rings is 1. The van der Waals surface area contributed by atoms with Crippen molar-refractivity contribution in [3.8, 4) is 5.75 Å². The summed E-state index contributed by atoms with van der Waals surface area (Å²) in [5, 5.41) is 0. The van der Waals surface area contributed by atoms with Crippen LogP contribution in [0.1, 0.15) is 31.7 Å². The van der Waals surface area contributed by atoms with Gasteiger partial charge in [-0.15, -0.1) is 0 Å². The highest BCUT2D eigenvalue weighted by Crippen LogP contribution is 2.13. The summed E-state index contributed by atoms with van der Waals surface area (Å²) in [6, 6.07) is 7.37. The zero-order valence-corrected chi connectivity index (χ0v) is 15.7. The molecule has 26 heavy (non-hydrogen) atoms. The minimum atomic E-state index is -0.319. The van der Waals surface area contributed by atoms with Gasteiger partial charge < -0.3 is 9.30 Å². The summed E-state index contributed by atoms with van der Waals surface area (Å²) < 4.78 is 9.86. The molecular formula is C19H24N4O3. The van der Waals surface area contributed by atoms with Crippen molar-refractivity contribution in [2.24, 2.45) is 7.05 Å². The van der Waals surface area contributed by atoms with Crippen LogP contribution in [-0.2, 0) is 26.6 Å². The molecule has 3 aromatic rings. The molecule has 0 N–H and O–H groups in total. The lowest BCUT2D eigenvalue weighted by molar-refractivity contribution is 0.414. The number of methoxy groups -OCH3 is 1. The van der Waals surface area contributed by atoms with Crippen molar-refractivity contribution < 1.29 is 4.74 Å². The van der Waals surface area contributed by atoms with Crippen LogP contribution in [0.4, 0.5) is 0 Å². The summed E-state index contributed by atoms with van der Waals surface area (Å²) in [6.07, 6.45) is 1.48. The minimum absolute atomic E-state index is 0.216. The van der Waals surface area contributed by atoms with Crippen LogP contribution in [0.15, 0.2) is 33.9 Å². The average Bonchev–Trinajstić information content (AvgIpc) is 2.99. The predicted octanol–water partition coefficient (Wildman–Crippen LogP) is 1.93. The molecule has 0 aliphatic carbocycles. The van der Waals surface area contributed by atoms with Gasteiger partial charge in [0.25, 0.3) is 5.56 Å². The number of hydrogen-bond donors (Lipinski definition) is 0. The van der Waals surface area contributed by atoms with Gasteiger partial charge in [-0.25, -0.2) is 9.78 Å². The van der Waals surface area contributed by atoms with E-state index in [1.807, 2.05) is 45.2 Å². The second-order valence-corrected chi connectivity index (χ2v) is 6.29. The third-order valence-electron chi connectivity index (χ3n) is 4.60. The van der Waals surface area contributed by atoms with Crippen LogP contribution < -0.4 is 16.0 Å². The fraction of sp³-hybridized carbons (Fsp3) is 0.421. The summed E-state index contributed by atoms with van der Waals surface area (Å²) in [6.45, 7) is 4.73. The molecule has 0 radical (unpaired) electrons. The normalized spacial score (nSPS) is 11.2. The van der Waals surface area contributed by atoms with Crippen LogP contribution in [0.3, 0.4) is 0 Å². The third-order valence-corrected chi connectivity index (χ3v) is 4.60. The third kappa shape index (κ3) is 2.94. The van der Waals surface area contributed by atoms with Crippen LogP contribution in [0, 0.1) is 0 Å². The van der Waals surface area contributed by atoms with Crippen molar-refractivity contribution >= 4 is 11.2 Å². The smallest absolute Gasteiger partial charge is 0.333 e. The number of nitrogens with zero attached hydrogens (tertiary/aromatic N) is 4. The highest BCUT2D eigenvalue weighted by atomic mass is 16.5. The van der Waals surface area contributed by atoms with Crippen LogP contribution in [0.5, 0.6) is 5.75 Å². The summed E-state index contributed by atoms with van der Waals surface area (Å²) >= 11 is 0. The van der Waals surface area contributed by atoms with E-state index in [4.69, 9.17) is 4.74 Å². The van der Waals surface area contributed by atoms with E-state index in [0.717, 1.165) is 23.6 Å². The molecular weight excluding hydrogens is 332 g/mol. The molecule has 2 heterocycles. The van der Waals surface area contributed by atoms with E-state index >= 15 is 0 Å². The maximum Gasteiger partial charge on any atom is 0.333 e. The number of ether oxygens (including phenoxy) is 1. The lowest BCUT2D eigenvalue weighted by atomic mass is 10.2. The number of fused-ring (bicyclic) bond motifs is 1. The molecule has 7 heteroatoms. The maximum atomic E-state index is 13.0. The van der Waals surface area contributed by atoms with Crippen molar-refractivity contribution in [2.45, 2.75) is 39.8 Å². The van der Waals surface area contributed by atoms with Crippen molar-refractivity contribution in [1.82, 2.24) is 18.7 Å². The van der Waals surface area contributed by atoms with Crippen molar-refractivity contribution in [3.05, 3.63) is 56.5 Å². The van der Waals surface area contributed by atoms with Crippen LogP contribution in [0.2, 0.25) is 0 Å². The molecule has 0 saturated heterocycles. The van der Waals surface area contributed by atoms with Crippen molar-refractivity contribution in [2.75, 3.05) is 7.11 Å². The second-order valence-electron chi connectivity index (χ2n) is 6.29. The van der Waals surface area contributed by atoms with E-state index < -0.39 is 0 Å². The maximum absolute atomic E-state index is 13.0. The van der Waals surface area contributed by atoms with E-state index in [1.54, 1.807) is 16.2 Å². The first-order valence-electron chi connectivity index (χ1n) is 8.83. The molecule has 0 spiro atoms. The molecule has 0 saturated carbocycles. The Morgan fingerprint density at radius 3 is 2.35 bits per heavy atom. The van der Waals surface area contributed by atoms with Crippen LogP contribution >= 0.6 is 0 Å². The number of imidazole rings is 1. The molecule has 0 unspecified atom stereocenters. The Kier molecular flexibility index (Phi) is 4.97. The predicted molar refractivity (Wildman–Crippen MR) is 101 cm³/mol. The van der Waals surface area contributed by atoms with Gasteiger partial charge in [-0.3, -0.25) is 13.9 Å². The van der Waals surface area contributed by atoms with Crippen LogP contribution in [-0.4, -0.2) is 25.8 Å². The van der Waals surface area contributed by atoms with E-state index in [1.165, 1.54) is 4.57 Å². The summed E-state index contributed by atoms with van der Waals surface area (Å²) in [4.78, 5) is 30.6. The Morgan fingerprint density at radius 1 is 1.08 bits per heavy atom. The highest BCUT2D eigenvalue weighted by Gasteiger charge is 2.19. The number of aryl methyl sites for hydroxylation is 3. The zero-order valence-electron chi connectivity index (χ0n) is 15.7. The largest absolute Gasteiger partial charge is 0.497 e. The minimum Gasteiger partial charge on any atom is -0.497 e. The van der Waals surface area contributed by atoms with Crippen LogP contribution in [0.25, 0.3) is 11.2 Å².